The largest absolute Gasteiger partial charge is 0.481 e. The summed E-state index contributed by atoms with van der Waals surface area (Å²) in [4.78, 5) is 28.7. The molecule has 3 N–H and O–H groups in total. The fraction of sp³-hybridized carbons (Fsp3) is 0.522. The summed E-state index contributed by atoms with van der Waals surface area (Å²) in [5.41, 5.74) is 0.400. The summed E-state index contributed by atoms with van der Waals surface area (Å²) < 4.78 is 28.8. The van der Waals surface area contributed by atoms with E-state index in [2.05, 4.69) is 15.0 Å². The van der Waals surface area contributed by atoms with Crippen LogP contribution in [0.3, 0.4) is 0 Å². The predicted molar refractivity (Wildman–Crippen MR) is 128 cm³/mol. The Bertz CT molecular complexity index is 1170. The topological polar surface area (TPSA) is 125 Å². The van der Waals surface area contributed by atoms with Crippen LogP contribution in [0.1, 0.15) is 69.7 Å². The van der Waals surface area contributed by atoms with Gasteiger partial charge < -0.3 is 10.4 Å². The van der Waals surface area contributed by atoms with Gasteiger partial charge in [-0.1, -0.05) is 26.8 Å². The molecule has 0 radical (unpaired) electrons. The normalized spacial score (nSPS) is 19.1. The van der Waals surface area contributed by atoms with E-state index in [1.807, 2.05) is 26.8 Å². The van der Waals surface area contributed by atoms with Gasteiger partial charge in [-0.15, -0.1) is 11.3 Å². The Hall–Kier alpha value is -2.30. The average molecular weight is 494 g/mol. The maximum Gasteiger partial charge on any atom is 0.306 e. The van der Waals surface area contributed by atoms with E-state index in [0.717, 1.165) is 10.4 Å². The maximum atomic E-state index is 13.0. The minimum atomic E-state index is -3.73. The summed E-state index contributed by atoms with van der Waals surface area (Å²) in [6, 6.07) is 5.02. The third kappa shape index (κ3) is 5.99. The van der Waals surface area contributed by atoms with Crippen LogP contribution in [-0.2, 0) is 20.2 Å². The molecule has 8 nitrogen and oxygen atoms in total. The lowest BCUT2D eigenvalue weighted by molar-refractivity contribution is -0.145. The van der Waals surface area contributed by atoms with Crippen LogP contribution >= 0.6 is 11.3 Å². The van der Waals surface area contributed by atoms with Crippen molar-refractivity contribution in [2.45, 2.75) is 76.3 Å². The number of amides is 1. The first-order chi connectivity index (χ1) is 15.1. The smallest absolute Gasteiger partial charge is 0.306 e. The lowest BCUT2D eigenvalue weighted by Gasteiger charge is -2.32. The molecule has 10 heteroatoms. The highest BCUT2D eigenvalue weighted by Crippen LogP contribution is 2.35. The van der Waals surface area contributed by atoms with E-state index in [9.17, 15) is 18.0 Å². The number of carbonyl (C=O) groups is 2. The first-order valence-corrected chi connectivity index (χ1v) is 13.1. The second-order valence-electron chi connectivity index (χ2n) is 10.5. The molecule has 1 saturated carbocycles. The van der Waals surface area contributed by atoms with E-state index in [1.54, 1.807) is 39.1 Å². The van der Waals surface area contributed by atoms with Crippen molar-refractivity contribution in [2.24, 2.45) is 5.92 Å². The lowest BCUT2D eigenvalue weighted by atomic mass is 9.80. The molecule has 180 valence electrons. The lowest BCUT2D eigenvalue weighted by Crippen LogP contribution is -2.46. The Morgan fingerprint density at radius 1 is 1.12 bits per heavy atom. The van der Waals surface area contributed by atoms with Crippen molar-refractivity contribution in [3.63, 3.8) is 0 Å². The number of hydrogen-bond acceptors (Lipinski definition) is 6. The van der Waals surface area contributed by atoms with Gasteiger partial charge in [0.1, 0.15) is 0 Å². The molecule has 0 unspecified atom stereocenters. The number of carboxylic acid groups (broad SMARTS) is 1. The minimum absolute atomic E-state index is 0.154. The van der Waals surface area contributed by atoms with E-state index in [0.29, 0.717) is 18.4 Å². The van der Waals surface area contributed by atoms with E-state index >= 15 is 0 Å². The van der Waals surface area contributed by atoms with Gasteiger partial charge in [0.05, 0.1) is 15.7 Å². The second kappa shape index (κ2) is 8.81. The van der Waals surface area contributed by atoms with Crippen molar-refractivity contribution in [1.29, 1.82) is 0 Å². The number of benzene rings is 1. The molecule has 1 aromatic heterocycles. The number of carbonyl (C=O) groups excluding carboxylic acids is 1. The fourth-order valence-corrected chi connectivity index (χ4v) is 6.29. The van der Waals surface area contributed by atoms with Gasteiger partial charge in [-0.2, -0.15) is 0 Å². The number of nitrogens with zero attached hydrogens (tertiary/aromatic N) is 1. The van der Waals surface area contributed by atoms with Gasteiger partial charge >= 0.3 is 5.97 Å². The predicted octanol–water partition coefficient (Wildman–Crippen LogP) is 3.78. The Kier molecular flexibility index (Phi) is 6.76. The quantitative estimate of drug-likeness (QED) is 0.562. The van der Waals surface area contributed by atoms with Crippen molar-refractivity contribution in [1.82, 2.24) is 15.0 Å². The summed E-state index contributed by atoms with van der Waals surface area (Å²) in [6.07, 6.45) is 2.45. The SMILES string of the molecule is CC(C)(C)NS(=O)(=O)c1ccc(-c2cnc(C(=O)N[C@H]3C[C@H](C(=O)O)C3)s2)cc1C(C)(C)C. The van der Waals surface area contributed by atoms with Gasteiger partial charge in [0.2, 0.25) is 10.0 Å². The number of carboxylic acids is 1. The van der Waals surface area contributed by atoms with E-state index in [-0.39, 0.29) is 21.9 Å². The minimum Gasteiger partial charge on any atom is -0.481 e. The Balaban J connectivity index is 1.85. The van der Waals surface area contributed by atoms with Crippen LogP contribution in [0, 0.1) is 5.92 Å². The average Bonchev–Trinajstić information content (AvgIpc) is 3.11. The molecule has 1 aliphatic carbocycles. The van der Waals surface area contributed by atoms with Gasteiger partial charge in [0.15, 0.2) is 5.01 Å². The molecule has 2 aromatic rings. The number of sulfonamides is 1. The van der Waals surface area contributed by atoms with Crippen molar-refractivity contribution >= 4 is 33.2 Å². The van der Waals surface area contributed by atoms with Gasteiger partial charge in [0, 0.05) is 17.8 Å². The zero-order chi connectivity index (χ0) is 24.8. The molecule has 0 spiro atoms. The van der Waals surface area contributed by atoms with Crippen LogP contribution in [0.2, 0.25) is 0 Å². The summed E-state index contributed by atoms with van der Waals surface area (Å²) >= 11 is 1.22. The number of thiazole rings is 1. The highest BCUT2D eigenvalue weighted by molar-refractivity contribution is 7.89. The third-order valence-corrected chi connectivity index (χ3v) is 8.19. The van der Waals surface area contributed by atoms with Crippen molar-refractivity contribution in [3.8, 4) is 10.4 Å². The van der Waals surface area contributed by atoms with Crippen LogP contribution in [-0.4, -0.2) is 42.0 Å². The van der Waals surface area contributed by atoms with E-state index in [4.69, 9.17) is 5.11 Å². The number of aromatic nitrogens is 1. The van der Waals surface area contributed by atoms with Gasteiger partial charge in [0.25, 0.3) is 5.91 Å². The van der Waals surface area contributed by atoms with Crippen LogP contribution in [0.4, 0.5) is 0 Å². The molecular formula is C23H31N3O5S2. The van der Waals surface area contributed by atoms with E-state index < -0.39 is 32.9 Å². The fourth-order valence-electron chi connectivity index (χ4n) is 3.66. The van der Waals surface area contributed by atoms with Crippen LogP contribution in [0.25, 0.3) is 10.4 Å². The van der Waals surface area contributed by atoms with Gasteiger partial charge in [-0.3, -0.25) is 9.59 Å². The molecular weight excluding hydrogens is 462 g/mol. The van der Waals surface area contributed by atoms with Crippen molar-refractivity contribution in [2.75, 3.05) is 0 Å². The molecule has 1 aromatic carbocycles. The number of hydrogen-bond donors (Lipinski definition) is 3. The molecule has 0 bridgehead atoms. The van der Waals surface area contributed by atoms with Crippen LogP contribution in [0.5, 0.6) is 0 Å². The standard InChI is InChI=1S/C23H31N3O5S2/c1-22(2,3)16-11-13(7-8-18(16)33(30,31)26-23(4,5)6)17-12-24-20(32-17)19(27)25-15-9-14(10-15)21(28)29/h7-8,11-12,14-15,26H,9-10H2,1-6H3,(H,25,27)(H,28,29)/t14-,15-. The Labute approximate surface area is 198 Å². The van der Waals surface area contributed by atoms with Gasteiger partial charge in [-0.05, 0) is 62.3 Å². The Morgan fingerprint density at radius 3 is 2.30 bits per heavy atom. The zero-order valence-corrected chi connectivity index (χ0v) is 21.4. The molecule has 1 amide bonds. The highest BCUT2D eigenvalue weighted by Gasteiger charge is 2.36. The number of nitrogens with one attached hydrogen (secondary N) is 2. The van der Waals surface area contributed by atoms with Gasteiger partial charge in [-0.25, -0.2) is 18.1 Å². The molecule has 33 heavy (non-hydrogen) atoms. The van der Waals surface area contributed by atoms with Crippen LogP contribution < -0.4 is 10.0 Å². The molecule has 1 fully saturated rings. The molecule has 0 atom stereocenters. The number of rotatable bonds is 6. The first-order valence-electron chi connectivity index (χ1n) is 10.8. The van der Waals surface area contributed by atoms with Crippen LogP contribution in [0.15, 0.2) is 29.3 Å². The Morgan fingerprint density at radius 2 is 1.76 bits per heavy atom. The molecule has 0 aliphatic heterocycles. The van der Waals surface area contributed by atoms with E-state index in [1.165, 1.54) is 11.3 Å². The summed E-state index contributed by atoms with van der Waals surface area (Å²) in [7, 11) is -3.73. The zero-order valence-electron chi connectivity index (χ0n) is 19.7. The van der Waals surface area contributed by atoms with Crippen molar-refractivity contribution < 1.29 is 23.1 Å². The highest BCUT2D eigenvalue weighted by atomic mass is 32.2. The molecule has 0 saturated heterocycles. The summed E-state index contributed by atoms with van der Waals surface area (Å²) in [5.74, 6) is -1.57. The molecule has 3 rings (SSSR count). The molecule has 1 heterocycles. The monoisotopic (exact) mass is 493 g/mol. The third-order valence-electron chi connectivity index (χ3n) is 5.32. The summed E-state index contributed by atoms with van der Waals surface area (Å²) in [6.45, 7) is 11.3. The van der Waals surface area contributed by atoms with Crippen molar-refractivity contribution in [3.05, 3.63) is 35.0 Å². The number of aliphatic carboxylic acids is 1. The molecule has 1 aliphatic rings. The second-order valence-corrected chi connectivity index (χ2v) is 13.2. The maximum absolute atomic E-state index is 13.0. The first kappa shape index (κ1) is 25.3. The summed E-state index contributed by atoms with van der Waals surface area (Å²) in [5, 5.41) is 12.1.